The zero-order valence-corrected chi connectivity index (χ0v) is 18.9. The van der Waals surface area contributed by atoms with Crippen molar-refractivity contribution in [1.82, 2.24) is 5.32 Å². The summed E-state index contributed by atoms with van der Waals surface area (Å²) in [7, 11) is 1.58. The normalized spacial score (nSPS) is 18.5. The van der Waals surface area contributed by atoms with Gasteiger partial charge in [-0.2, -0.15) is 0 Å². The van der Waals surface area contributed by atoms with Crippen LogP contribution in [0.5, 0.6) is 17.2 Å². The molecule has 0 aliphatic carbocycles. The van der Waals surface area contributed by atoms with Crippen molar-refractivity contribution in [1.29, 1.82) is 0 Å². The van der Waals surface area contributed by atoms with Gasteiger partial charge >= 0.3 is 5.97 Å². The Morgan fingerprint density at radius 2 is 1.97 bits per heavy atom. The molecule has 1 aliphatic heterocycles. The molecule has 2 atom stereocenters. The van der Waals surface area contributed by atoms with E-state index in [9.17, 15) is 4.79 Å². The van der Waals surface area contributed by atoms with Crippen LogP contribution >= 0.6 is 27.7 Å². The maximum Gasteiger partial charge on any atom is 0.321 e. The molecule has 156 valence electrons. The lowest BCUT2D eigenvalue weighted by Gasteiger charge is -2.17. The van der Waals surface area contributed by atoms with Crippen LogP contribution in [0.15, 0.2) is 34.8 Å². The number of carboxylic acids is 1. The largest absolute Gasteiger partial charge is 0.493 e. The van der Waals surface area contributed by atoms with Gasteiger partial charge in [0.05, 0.1) is 17.0 Å². The zero-order chi connectivity index (χ0) is 21.0. The number of methoxy groups -OCH3 is 1. The maximum absolute atomic E-state index is 11.2. The van der Waals surface area contributed by atoms with Gasteiger partial charge in [-0.05, 0) is 70.7 Å². The molecule has 0 bridgehead atoms. The van der Waals surface area contributed by atoms with Crippen molar-refractivity contribution in [2.45, 2.75) is 25.3 Å². The quantitative estimate of drug-likeness (QED) is 0.543. The average molecular weight is 482 g/mol. The van der Waals surface area contributed by atoms with Crippen LogP contribution < -0.4 is 19.5 Å². The van der Waals surface area contributed by atoms with Crippen LogP contribution in [0.2, 0.25) is 0 Å². The summed E-state index contributed by atoms with van der Waals surface area (Å²) in [6.45, 7) is 4.88. The van der Waals surface area contributed by atoms with Gasteiger partial charge in [0.1, 0.15) is 25.0 Å². The summed E-state index contributed by atoms with van der Waals surface area (Å²) >= 11 is 5.10. The van der Waals surface area contributed by atoms with Crippen molar-refractivity contribution in [2.75, 3.05) is 26.1 Å². The molecule has 2 N–H and O–H groups in total. The number of benzene rings is 2. The van der Waals surface area contributed by atoms with E-state index in [1.807, 2.05) is 30.3 Å². The molecule has 0 radical (unpaired) electrons. The monoisotopic (exact) mass is 481 g/mol. The molecular weight excluding hydrogens is 458 g/mol. The molecule has 1 heterocycles. The van der Waals surface area contributed by atoms with Crippen LogP contribution in [-0.2, 0) is 4.79 Å². The first-order valence-electron chi connectivity index (χ1n) is 9.19. The molecule has 8 heteroatoms. The minimum absolute atomic E-state index is 0.108. The summed E-state index contributed by atoms with van der Waals surface area (Å²) in [5.74, 6) is 1.68. The predicted octanol–water partition coefficient (Wildman–Crippen LogP) is 4.32. The number of ether oxygens (including phenoxy) is 3. The Balaban J connectivity index is 1.62. The second kappa shape index (κ2) is 9.73. The minimum atomic E-state index is -0.838. The zero-order valence-electron chi connectivity index (χ0n) is 16.5. The highest BCUT2D eigenvalue weighted by Gasteiger charge is 2.31. The van der Waals surface area contributed by atoms with E-state index in [1.54, 1.807) is 18.9 Å². The Kier molecular flexibility index (Phi) is 7.32. The van der Waals surface area contributed by atoms with E-state index < -0.39 is 12.0 Å². The van der Waals surface area contributed by atoms with Crippen molar-refractivity contribution in [3.8, 4) is 17.2 Å². The van der Waals surface area contributed by atoms with E-state index >= 15 is 0 Å². The summed E-state index contributed by atoms with van der Waals surface area (Å²) in [6.07, 6.45) is 0. The molecule has 3 rings (SSSR count). The fraction of sp³-hybridized carbons (Fsp3) is 0.381. The fourth-order valence-corrected chi connectivity index (χ4v) is 4.73. The molecule has 0 spiro atoms. The van der Waals surface area contributed by atoms with Crippen LogP contribution in [0.3, 0.4) is 0 Å². The van der Waals surface area contributed by atoms with Crippen molar-refractivity contribution in [3.63, 3.8) is 0 Å². The van der Waals surface area contributed by atoms with Gasteiger partial charge in [-0.3, -0.25) is 10.1 Å². The summed E-state index contributed by atoms with van der Waals surface area (Å²) in [5, 5.41) is 12.2. The molecule has 6 nitrogen and oxygen atoms in total. The van der Waals surface area contributed by atoms with E-state index in [0.29, 0.717) is 30.5 Å². The number of carboxylic acid groups (broad SMARTS) is 1. The van der Waals surface area contributed by atoms with Crippen LogP contribution in [-0.4, -0.2) is 43.2 Å². The Hall–Kier alpha value is -1.90. The molecule has 0 saturated carbocycles. The highest BCUT2D eigenvalue weighted by atomic mass is 79.9. The Labute approximate surface area is 183 Å². The number of rotatable bonds is 8. The molecule has 0 amide bonds. The van der Waals surface area contributed by atoms with E-state index in [1.165, 1.54) is 11.1 Å². The third kappa shape index (κ3) is 5.38. The van der Waals surface area contributed by atoms with Gasteiger partial charge < -0.3 is 19.3 Å². The fourth-order valence-electron chi connectivity index (χ4n) is 2.94. The SMILES string of the molecule is COc1cc(C2NC(C(=O)O)CS2)cc(Br)c1OCCOc1ccc(C)c(C)c1. The minimum Gasteiger partial charge on any atom is -0.493 e. The topological polar surface area (TPSA) is 77.0 Å². The second-order valence-electron chi connectivity index (χ2n) is 6.75. The van der Waals surface area contributed by atoms with Crippen molar-refractivity contribution < 1.29 is 24.1 Å². The molecule has 1 aliphatic rings. The van der Waals surface area contributed by atoms with Crippen molar-refractivity contribution >= 4 is 33.7 Å². The standard InChI is InChI=1S/C21H24BrNO5S/c1-12-4-5-15(8-13(12)2)27-6-7-28-19-16(22)9-14(10-18(19)26-3)20-23-17(11-29-20)21(24)25/h4-5,8-10,17,20,23H,6-7,11H2,1-3H3,(H,24,25). The number of hydrogen-bond donors (Lipinski definition) is 2. The van der Waals surface area contributed by atoms with Gasteiger partial charge in [-0.15, -0.1) is 11.8 Å². The first-order valence-corrected chi connectivity index (χ1v) is 11.0. The van der Waals surface area contributed by atoms with Gasteiger partial charge in [0, 0.05) is 5.75 Å². The van der Waals surface area contributed by atoms with Crippen LogP contribution in [0, 0.1) is 13.8 Å². The second-order valence-corrected chi connectivity index (χ2v) is 8.74. The number of halogens is 1. The summed E-state index contributed by atoms with van der Waals surface area (Å²) < 4.78 is 17.9. The van der Waals surface area contributed by atoms with Gasteiger partial charge in [-0.25, -0.2) is 0 Å². The lowest BCUT2D eigenvalue weighted by molar-refractivity contribution is -0.138. The lowest BCUT2D eigenvalue weighted by atomic mass is 10.1. The maximum atomic E-state index is 11.2. The lowest BCUT2D eigenvalue weighted by Crippen LogP contribution is -2.33. The number of carbonyl (C=O) groups is 1. The highest BCUT2D eigenvalue weighted by molar-refractivity contribution is 9.10. The van der Waals surface area contributed by atoms with Gasteiger partial charge in [-0.1, -0.05) is 6.07 Å². The Morgan fingerprint density at radius 1 is 1.21 bits per heavy atom. The smallest absolute Gasteiger partial charge is 0.321 e. The predicted molar refractivity (Wildman–Crippen MR) is 117 cm³/mol. The van der Waals surface area contributed by atoms with Crippen LogP contribution in [0.1, 0.15) is 22.1 Å². The Morgan fingerprint density at radius 3 is 2.62 bits per heavy atom. The molecule has 2 unspecified atom stereocenters. The van der Waals surface area contributed by atoms with Crippen LogP contribution in [0.4, 0.5) is 0 Å². The summed E-state index contributed by atoms with van der Waals surface area (Å²) in [4.78, 5) is 11.2. The van der Waals surface area contributed by atoms with E-state index in [-0.39, 0.29) is 5.37 Å². The first kappa shape index (κ1) is 21.8. The molecule has 2 aromatic rings. The number of nitrogens with one attached hydrogen (secondary N) is 1. The third-order valence-corrected chi connectivity index (χ3v) is 6.57. The number of aliphatic carboxylic acids is 1. The first-order chi connectivity index (χ1) is 13.9. The number of hydrogen-bond acceptors (Lipinski definition) is 6. The molecule has 29 heavy (non-hydrogen) atoms. The highest BCUT2D eigenvalue weighted by Crippen LogP contribution is 2.42. The van der Waals surface area contributed by atoms with Gasteiger partial charge in [0.2, 0.25) is 0 Å². The molecule has 0 aromatic heterocycles. The van der Waals surface area contributed by atoms with E-state index in [2.05, 4.69) is 35.1 Å². The number of aryl methyl sites for hydroxylation is 2. The molecular formula is C21H24BrNO5S. The van der Waals surface area contributed by atoms with Crippen molar-refractivity contribution in [3.05, 3.63) is 51.5 Å². The van der Waals surface area contributed by atoms with Crippen molar-refractivity contribution in [2.24, 2.45) is 0 Å². The molecule has 1 saturated heterocycles. The summed E-state index contributed by atoms with van der Waals surface area (Å²) in [5.41, 5.74) is 3.35. The van der Waals surface area contributed by atoms with Gasteiger partial charge in [0.15, 0.2) is 11.5 Å². The van der Waals surface area contributed by atoms with Crippen LogP contribution in [0.25, 0.3) is 0 Å². The van der Waals surface area contributed by atoms with E-state index in [4.69, 9.17) is 19.3 Å². The summed E-state index contributed by atoms with van der Waals surface area (Å²) in [6, 6.07) is 9.25. The number of thioether (sulfide) groups is 1. The molecule has 1 fully saturated rings. The molecule has 2 aromatic carbocycles. The third-order valence-electron chi connectivity index (χ3n) is 4.71. The van der Waals surface area contributed by atoms with Gasteiger partial charge in [0.25, 0.3) is 0 Å². The van der Waals surface area contributed by atoms with E-state index in [0.717, 1.165) is 15.8 Å². The Bertz CT molecular complexity index is 892. The average Bonchev–Trinajstić information content (AvgIpc) is 3.19.